The van der Waals surface area contributed by atoms with E-state index in [4.69, 9.17) is 4.42 Å². The summed E-state index contributed by atoms with van der Waals surface area (Å²) in [6, 6.07) is 13.9. The number of aromatic nitrogens is 1. The second-order valence-electron chi connectivity index (χ2n) is 6.22. The molecule has 0 spiro atoms. The van der Waals surface area contributed by atoms with Crippen molar-refractivity contribution in [3.8, 4) is 17.4 Å². The van der Waals surface area contributed by atoms with Gasteiger partial charge in [0, 0.05) is 10.0 Å². The predicted octanol–water partition coefficient (Wildman–Crippen LogP) is 6.21. The van der Waals surface area contributed by atoms with Crippen LogP contribution in [0.3, 0.4) is 0 Å². The van der Waals surface area contributed by atoms with Gasteiger partial charge in [-0.1, -0.05) is 31.5 Å². The zero-order chi connectivity index (χ0) is 18.5. The molecule has 1 aromatic heterocycles. The van der Waals surface area contributed by atoms with E-state index in [1.165, 1.54) is 24.6 Å². The van der Waals surface area contributed by atoms with Crippen molar-refractivity contribution in [1.82, 2.24) is 4.98 Å². The first kappa shape index (κ1) is 18.4. The molecule has 0 amide bonds. The highest BCUT2D eigenvalue weighted by Gasteiger charge is 2.12. The molecule has 0 aliphatic carbocycles. The summed E-state index contributed by atoms with van der Waals surface area (Å²) in [6.07, 6.45) is 4.92. The predicted molar refractivity (Wildman–Crippen MR) is 108 cm³/mol. The largest absolute Gasteiger partial charge is 0.479 e. The van der Waals surface area contributed by atoms with Crippen molar-refractivity contribution in [2.24, 2.45) is 4.99 Å². The highest BCUT2D eigenvalue weighted by Crippen LogP contribution is 2.28. The number of aliphatic imine (C=N–C) groups is 1. The van der Waals surface area contributed by atoms with Crippen LogP contribution in [-0.2, 0) is 6.42 Å². The fourth-order valence-electron chi connectivity index (χ4n) is 2.57. The molecule has 2 aromatic carbocycles. The van der Waals surface area contributed by atoms with Crippen LogP contribution >= 0.6 is 15.9 Å². The molecule has 1 N–H and O–H groups in total. The monoisotopic (exact) mass is 412 g/mol. The van der Waals surface area contributed by atoms with Gasteiger partial charge in [0.05, 0.1) is 11.9 Å². The summed E-state index contributed by atoms with van der Waals surface area (Å²) >= 11 is 3.49. The summed E-state index contributed by atoms with van der Waals surface area (Å²) in [4.78, 5) is 8.73. The number of hydrogen-bond acceptors (Lipinski definition) is 4. The maximum Gasteiger partial charge on any atom is 0.312 e. The second kappa shape index (κ2) is 8.32. The van der Waals surface area contributed by atoms with Crippen LogP contribution in [0.15, 0.2) is 56.3 Å². The molecule has 0 atom stereocenters. The number of unbranched alkanes of at least 4 members (excludes halogenated alkanes) is 1. The third-order valence-corrected chi connectivity index (χ3v) is 4.72. The van der Waals surface area contributed by atoms with Crippen molar-refractivity contribution in [3.63, 3.8) is 0 Å². The molecule has 3 rings (SSSR count). The topological polar surface area (TPSA) is 58.6 Å². The summed E-state index contributed by atoms with van der Waals surface area (Å²) in [5.74, 6) is 0.149. The number of hydrogen-bond donors (Lipinski definition) is 1. The van der Waals surface area contributed by atoms with E-state index in [-0.39, 0.29) is 5.95 Å². The minimum atomic E-state index is -0.234. The van der Waals surface area contributed by atoms with E-state index < -0.39 is 0 Å². The Hall–Kier alpha value is -2.40. The van der Waals surface area contributed by atoms with E-state index >= 15 is 0 Å². The Kier molecular flexibility index (Phi) is 5.89. The summed E-state index contributed by atoms with van der Waals surface area (Å²) < 4.78 is 6.29. The van der Waals surface area contributed by atoms with Crippen molar-refractivity contribution < 1.29 is 9.52 Å². The summed E-state index contributed by atoms with van der Waals surface area (Å²) in [7, 11) is 0. The van der Waals surface area contributed by atoms with Gasteiger partial charge < -0.3 is 9.52 Å². The number of halogens is 1. The molecule has 26 heavy (non-hydrogen) atoms. The van der Waals surface area contributed by atoms with Crippen LogP contribution in [0, 0.1) is 6.92 Å². The van der Waals surface area contributed by atoms with E-state index in [0.29, 0.717) is 11.6 Å². The minimum Gasteiger partial charge on any atom is -0.479 e. The molecule has 0 fully saturated rings. The molecule has 5 heteroatoms. The Morgan fingerprint density at radius 2 is 1.96 bits per heavy atom. The minimum absolute atomic E-state index is 0.234. The number of aromatic hydroxyl groups is 1. The Labute approximate surface area is 161 Å². The molecule has 0 aliphatic rings. The van der Waals surface area contributed by atoms with Crippen LogP contribution < -0.4 is 0 Å². The molecule has 0 unspecified atom stereocenters. The summed E-state index contributed by atoms with van der Waals surface area (Å²) in [5.41, 5.74) is 4.33. The second-order valence-corrected chi connectivity index (χ2v) is 7.08. The van der Waals surface area contributed by atoms with Gasteiger partial charge in [-0.05, 0) is 71.1 Å². The Morgan fingerprint density at radius 3 is 2.65 bits per heavy atom. The standard InChI is InChI=1S/C21H21BrN2O2/c1-3-4-5-15-7-9-16(10-8-15)20-24-19(21(25)26-20)13-23-18-11-6-14(2)12-17(18)22/h6-13,25H,3-5H2,1-2H3. The molecule has 0 saturated carbocycles. The number of benzene rings is 2. The Bertz CT molecular complexity index is 914. The summed E-state index contributed by atoms with van der Waals surface area (Å²) in [6.45, 7) is 4.20. The fraction of sp³-hybridized carbons (Fsp3) is 0.238. The van der Waals surface area contributed by atoms with Crippen LogP contribution in [0.5, 0.6) is 5.95 Å². The van der Waals surface area contributed by atoms with Crippen molar-refractivity contribution in [2.45, 2.75) is 33.1 Å². The molecule has 1 heterocycles. The third-order valence-electron chi connectivity index (χ3n) is 4.08. The lowest BCUT2D eigenvalue weighted by molar-refractivity contribution is 0.337. The molecular weight excluding hydrogens is 392 g/mol. The molecule has 3 aromatic rings. The van der Waals surface area contributed by atoms with Crippen molar-refractivity contribution >= 4 is 27.8 Å². The van der Waals surface area contributed by atoms with Gasteiger partial charge in [-0.15, -0.1) is 0 Å². The summed E-state index contributed by atoms with van der Waals surface area (Å²) in [5, 5.41) is 10.0. The van der Waals surface area contributed by atoms with Crippen LogP contribution in [0.4, 0.5) is 5.69 Å². The highest BCUT2D eigenvalue weighted by molar-refractivity contribution is 9.10. The van der Waals surface area contributed by atoms with Crippen LogP contribution in [0.25, 0.3) is 11.5 Å². The first-order valence-electron chi connectivity index (χ1n) is 8.66. The zero-order valence-corrected chi connectivity index (χ0v) is 16.5. The van der Waals surface area contributed by atoms with E-state index in [0.717, 1.165) is 27.7 Å². The number of oxazole rings is 1. The fourth-order valence-corrected chi connectivity index (χ4v) is 3.17. The SMILES string of the molecule is CCCCc1ccc(-c2nc(C=Nc3ccc(C)cc3Br)c(O)o2)cc1. The van der Waals surface area contributed by atoms with Gasteiger partial charge in [-0.3, -0.25) is 4.99 Å². The normalized spacial score (nSPS) is 11.3. The molecule has 0 radical (unpaired) electrons. The number of aryl methyl sites for hydroxylation is 2. The van der Waals surface area contributed by atoms with Gasteiger partial charge in [0.1, 0.15) is 0 Å². The van der Waals surface area contributed by atoms with Gasteiger partial charge in [0.2, 0.25) is 5.89 Å². The first-order chi connectivity index (χ1) is 12.6. The average Bonchev–Trinajstić information content (AvgIpc) is 3.00. The maximum absolute atomic E-state index is 10.0. The smallest absolute Gasteiger partial charge is 0.312 e. The van der Waals surface area contributed by atoms with Crippen molar-refractivity contribution in [2.75, 3.05) is 0 Å². The van der Waals surface area contributed by atoms with E-state index in [2.05, 4.69) is 45.0 Å². The quantitative estimate of drug-likeness (QED) is 0.489. The zero-order valence-electron chi connectivity index (χ0n) is 14.9. The van der Waals surface area contributed by atoms with Gasteiger partial charge in [0.15, 0.2) is 5.69 Å². The van der Waals surface area contributed by atoms with E-state index in [1.807, 2.05) is 37.3 Å². The van der Waals surface area contributed by atoms with Crippen molar-refractivity contribution in [3.05, 3.63) is 63.8 Å². The van der Waals surface area contributed by atoms with Crippen molar-refractivity contribution in [1.29, 1.82) is 0 Å². The van der Waals surface area contributed by atoms with Crippen LogP contribution in [0.1, 0.15) is 36.6 Å². The average molecular weight is 413 g/mol. The Balaban J connectivity index is 1.79. The Morgan fingerprint density at radius 1 is 1.19 bits per heavy atom. The molecule has 4 nitrogen and oxygen atoms in total. The first-order valence-corrected chi connectivity index (χ1v) is 9.45. The number of nitrogens with zero attached hydrogens (tertiary/aromatic N) is 2. The molecular formula is C21H21BrN2O2. The van der Waals surface area contributed by atoms with Crippen LogP contribution in [-0.4, -0.2) is 16.3 Å². The van der Waals surface area contributed by atoms with Gasteiger partial charge in [0.25, 0.3) is 0 Å². The molecule has 0 saturated heterocycles. The molecule has 134 valence electrons. The third kappa shape index (κ3) is 4.41. The lowest BCUT2D eigenvalue weighted by Gasteiger charge is -2.00. The highest BCUT2D eigenvalue weighted by atomic mass is 79.9. The van der Waals surface area contributed by atoms with E-state index in [9.17, 15) is 5.11 Å². The van der Waals surface area contributed by atoms with Gasteiger partial charge >= 0.3 is 5.95 Å². The molecule has 0 bridgehead atoms. The van der Waals surface area contributed by atoms with Crippen LogP contribution in [0.2, 0.25) is 0 Å². The van der Waals surface area contributed by atoms with Gasteiger partial charge in [-0.25, -0.2) is 4.98 Å². The molecule has 0 aliphatic heterocycles. The van der Waals surface area contributed by atoms with Gasteiger partial charge in [-0.2, -0.15) is 0 Å². The lowest BCUT2D eigenvalue weighted by atomic mass is 10.1. The lowest BCUT2D eigenvalue weighted by Crippen LogP contribution is -1.86. The maximum atomic E-state index is 10.0. The number of rotatable bonds is 6. The van der Waals surface area contributed by atoms with E-state index in [1.54, 1.807) is 0 Å².